The van der Waals surface area contributed by atoms with Crippen molar-refractivity contribution in [1.82, 2.24) is 9.55 Å². The fourth-order valence-electron chi connectivity index (χ4n) is 3.61. The van der Waals surface area contributed by atoms with Crippen LogP contribution >= 0.6 is 0 Å². The van der Waals surface area contributed by atoms with Crippen LogP contribution in [0.3, 0.4) is 0 Å². The molecular weight excluding hydrogens is 400 g/mol. The molecule has 3 aromatic carbocycles. The third-order valence-electron chi connectivity index (χ3n) is 5.46. The van der Waals surface area contributed by atoms with Gasteiger partial charge in [-0.3, -0.25) is 0 Å². The second kappa shape index (κ2) is 9.35. The minimum atomic E-state index is 0.121. The Morgan fingerprint density at radius 3 is 2.09 bits per heavy atom. The van der Waals surface area contributed by atoms with Crippen LogP contribution < -0.4 is 14.2 Å². The maximum Gasteiger partial charge on any atom is 0.148 e. The fourth-order valence-corrected chi connectivity index (χ4v) is 3.61. The number of rotatable bonds is 8. The van der Waals surface area contributed by atoms with Crippen molar-refractivity contribution in [3.8, 4) is 17.2 Å². The highest BCUT2D eigenvalue weighted by atomic mass is 16.5. The van der Waals surface area contributed by atoms with Crippen LogP contribution in [0.4, 0.5) is 0 Å². The number of imidazole rings is 1. The highest BCUT2D eigenvalue weighted by Gasteiger charge is 2.14. The standard InChI is InChI=1S/C27H30N2O3/c1-27(2,3)20-9-11-23(12-10-20)32-19-26-28-24-7-5-6-8-25(24)29(26)17-18-31-22-15-13-21(30-4)14-16-22/h5-16H,17-19H2,1-4H3. The summed E-state index contributed by atoms with van der Waals surface area (Å²) in [6.45, 7) is 8.22. The Labute approximate surface area is 189 Å². The predicted octanol–water partition coefficient (Wildman–Crippen LogP) is 6.00. The molecule has 0 spiro atoms. The summed E-state index contributed by atoms with van der Waals surface area (Å²) in [5, 5.41) is 0. The molecule has 0 N–H and O–H groups in total. The molecule has 0 amide bonds. The maximum atomic E-state index is 6.08. The smallest absolute Gasteiger partial charge is 0.148 e. The molecule has 0 aliphatic carbocycles. The van der Waals surface area contributed by atoms with E-state index in [1.165, 1.54) is 5.56 Å². The van der Waals surface area contributed by atoms with E-state index in [-0.39, 0.29) is 5.41 Å². The SMILES string of the molecule is COc1ccc(OCCn2c(COc3ccc(C(C)(C)C)cc3)nc3ccccc32)cc1. The van der Waals surface area contributed by atoms with E-state index in [4.69, 9.17) is 19.2 Å². The van der Waals surface area contributed by atoms with Crippen LogP contribution in [0.15, 0.2) is 72.8 Å². The third kappa shape index (κ3) is 5.05. The number of ether oxygens (including phenoxy) is 3. The van der Waals surface area contributed by atoms with E-state index in [2.05, 4.69) is 43.5 Å². The number of benzene rings is 3. The van der Waals surface area contributed by atoms with Crippen LogP contribution in [0.1, 0.15) is 32.2 Å². The summed E-state index contributed by atoms with van der Waals surface area (Å²) in [6.07, 6.45) is 0. The van der Waals surface area contributed by atoms with Crippen molar-refractivity contribution in [3.63, 3.8) is 0 Å². The summed E-state index contributed by atoms with van der Waals surface area (Å²) < 4.78 is 19.4. The quantitative estimate of drug-likeness (QED) is 0.344. The van der Waals surface area contributed by atoms with Crippen molar-refractivity contribution in [2.45, 2.75) is 39.3 Å². The number of nitrogens with zero attached hydrogens (tertiary/aromatic N) is 2. The lowest BCUT2D eigenvalue weighted by Crippen LogP contribution is -2.13. The minimum Gasteiger partial charge on any atom is -0.497 e. The normalized spacial score (nSPS) is 11.5. The lowest BCUT2D eigenvalue weighted by Gasteiger charge is -2.19. The Hall–Kier alpha value is -3.47. The monoisotopic (exact) mass is 430 g/mol. The van der Waals surface area contributed by atoms with Gasteiger partial charge in [0.2, 0.25) is 0 Å². The maximum absolute atomic E-state index is 6.08. The molecule has 1 aromatic heterocycles. The molecule has 166 valence electrons. The summed E-state index contributed by atoms with van der Waals surface area (Å²) in [4.78, 5) is 4.80. The number of hydrogen-bond donors (Lipinski definition) is 0. The van der Waals surface area contributed by atoms with Crippen LogP contribution in [0.5, 0.6) is 17.2 Å². The Kier molecular flexibility index (Phi) is 6.35. The van der Waals surface area contributed by atoms with E-state index in [9.17, 15) is 0 Å². The van der Waals surface area contributed by atoms with Gasteiger partial charge >= 0.3 is 0 Å². The van der Waals surface area contributed by atoms with Gasteiger partial charge in [-0.05, 0) is 59.5 Å². The fraction of sp³-hybridized carbons (Fsp3) is 0.296. The molecule has 0 fully saturated rings. The first-order valence-corrected chi connectivity index (χ1v) is 10.9. The molecule has 0 aliphatic heterocycles. The van der Waals surface area contributed by atoms with Crippen LogP contribution in [-0.4, -0.2) is 23.3 Å². The third-order valence-corrected chi connectivity index (χ3v) is 5.46. The molecule has 0 saturated heterocycles. The molecule has 1 heterocycles. The first-order valence-electron chi connectivity index (χ1n) is 10.9. The van der Waals surface area contributed by atoms with Gasteiger partial charge < -0.3 is 18.8 Å². The molecule has 0 atom stereocenters. The summed E-state index contributed by atoms with van der Waals surface area (Å²) in [6, 6.07) is 24.1. The van der Waals surface area contributed by atoms with Crippen LogP contribution in [-0.2, 0) is 18.6 Å². The zero-order valence-electron chi connectivity index (χ0n) is 19.2. The molecule has 4 aromatic rings. The average molecular weight is 431 g/mol. The molecule has 0 unspecified atom stereocenters. The summed E-state index contributed by atoms with van der Waals surface area (Å²) in [7, 11) is 1.66. The molecule has 5 nitrogen and oxygen atoms in total. The van der Waals surface area contributed by atoms with Gasteiger partial charge in [-0.2, -0.15) is 0 Å². The zero-order valence-corrected chi connectivity index (χ0v) is 19.2. The summed E-state index contributed by atoms with van der Waals surface area (Å²) in [5.41, 5.74) is 3.44. The van der Waals surface area contributed by atoms with Gasteiger partial charge in [-0.1, -0.05) is 45.0 Å². The number of aromatic nitrogens is 2. The van der Waals surface area contributed by atoms with E-state index < -0.39 is 0 Å². The lowest BCUT2D eigenvalue weighted by molar-refractivity contribution is 0.272. The average Bonchev–Trinajstić information content (AvgIpc) is 3.15. The van der Waals surface area contributed by atoms with Crippen molar-refractivity contribution in [2.24, 2.45) is 0 Å². The van der Waals surface area contributed by atoms with Crippen LogP contribution in [0.2, 0.25) is 0 Å². The minimum absolute atomic E-state index is 0.121. The Bertz CT molecular complexity index is 1160. The Morgan fingerprint density at radius 2 is 1.41 bits per heavy atom. The van der Waals surface area contributed by atoms with Gasteiger partial charge in [0, 0.05) is 0 Å². The van der Waals surface area contributed by atoms with Crippen LogP contribution in [0.25, 0.3) is 11.0 Å². The molecule has 4 rings (SSSR count). The molecule has 5 heteroatoms. The van der Waals surface area contributed by atoms with Crippen molar-refractivity contribution < 1.29 is 14.2 Å². The van der Waals surface area contributed by atoms with Gasteiger partial charge in [0.1, 0.15) is 36.3 Å². The van der Waals surface area contributed by atoms with Gasteiger partial charge in [0.05, 0.1) is 24.7 Å². The highest BCUT2D eigenvalue weighted by Crippen LogP contribution is 2.25. The van der Waals surface area contributed by atoms with Gasteiger partial charge in [-0.15, -0.1) is 0 Å². The topological polar surface area (TPSA) is 45.5 Å². The van der Waals surface area contributed by atoms with E-state index >= 15 is 0 Å². The number of para-hydroxylation sites is 2. The number of fused-ring (bicyclic) bond motifs is 1. The molecule has 0 aliphatic rings. The van der Waals surface area contributed by atoms with E-state index in [1.54, 1.807) is 7.11 Å². The van der Waals surface area contributed by atoms with E-state index in [1.807, 2.05) is 54.6 Å². The Morgan fingerprint density at radius 1 is 0.781 bits per heavy atom. The largest absolute Gasteiger partial charge is 0.497 e. The second-order valence-corrected chi connectivity index (χ2v) is 8.76. The van der Waals surface area contributed by atoms with Crippen molar-refractivity contribution in [2.75, 3.05) is 13.7 Å². The summed E-state index contributed by atoms with van der Waals surface area (Å²) in [5.74, 6) is 3.34. The first-order chi connectivity index (χ1) is 15.4. The van der Waals surface area contributed by atoms with Gasteiger partial charge in [0.25, 0.3) is 0 Å². The zero-order chi connectivity index (χ0) is 22.6. The predicted molar refractivity (Wildman–Crippen MR) is 128 cm³/mol. The van der Waals surface area contributed by atoms with Gasteiger partial charge in [0.15, 0.2) is 0 Å². The molecule has 32 heavy (non-hydrogen) atoms. The van der Waals surface area contributed by atoms with E-state index in [0.29, 0.717) is 19.8 Å². The number of hydrogen-bond acceptors (Lipinski definition) is 4. The Balaban J connectivity index is 1.46. The second-order valence-electron chi connectivity index (χ2n) is 8.76. The van der Waals surface area contributed by atoms with E-state index in [0.717, 1.165) is 34.1 Å². The van der Waals surface area contributed by atoms with Gasteiger partial charge in [-0.25, -0.2) is 4.98 Å². The molecule has 0 bridgehead atoms. The highest BCUT2D eigenvalue weighted by molar-refractivity contribution is 5.75. The molecule has 0 saturated carbocycles. The van der Waals surface area contributed by atoms with Crippen molar-refractivity contribution in [1.29, 1.82) is 0 Å². The molecule has 0 radical (unpaired) electrons. The molecular formula is C27H30N2O3. The number of methoxy groups -OCH3 is 1. The lowest BCUT2D eigenvalue weighted by atomic mass is 9.87. The van der Waals surface area contributed by atoms with Crippen molar-refractivity contribution >= 4 is 11.0 Å². The first kappa shape index (κ1) is 21.8. The summed E-state index contributed by atoms with van der Waals surface area (Å²) >= 11 is 0. The van der Waals surface area contributed by atoms with Crippen LogP contribution in [0, 0.1) is 0 Å². The van der Waals surface area contributed by atoms with Crippen molar-refractivity contribution in [3.05, 3.63) is 84.2 Å².